The van der Waals surface area contributed by atoms with Crippen molar-refractivity contribution in [1.82, 2.24) is 9.97 Å². The van der Waals surface area contributed by atoms with Gasteiger partial charge in [-0.1, -0.05) is 19.1 Å². The zero-order chi connectivity index (χ0) is 20.4. The van der Waals surface area contributed by atoms with Gasteiger partial charge in [-0.2, -0.15) is 0 Å². The number of benzene rings is 2. The zero-order valence-electron chi connectivity index (χ0n) is 15.5. The summed E-state index contributed by atoms with van der Waals surface area (Å²) < 4.78 is 29.3. The summed E-state index contributed by atoms with van der Waals surface area (Å²) in [5.74, 6) is 1.35. The number of nitrogens with one attached hydrogen (secondary N) is 2. The summed E-state index contributed by atoms with van der Waals surface area (Å²) in [4.78, 5) is 20.0. The number of esters is 1. The van der Waals surface area contributed by atoms with Gasteiger partial charge in [0.2, 0.25) is 0 Å². The van der Waals surface area contributed by atoms with Gasteiger partial charge >= 0.3 is 5.97 Å². The molecule has 29 heavy (non-hydrogen) atoms. The van der Waals surface area contributed by atoms with Gasteiger partial charge < -0.3 is 15.4 Å². The van der Waals surface area contributed by atoms with Gasteiger partial charge in [0.15, 0.2) is 9.84 Å². The molecule has 8 nitrogen and oxygen atoms in total. The lowest BCUT2D eigenvalue weighted by atomic mass is 10.1. The number of hydrogen-bond acceptors (Lipinski definition) is 8. The number of sulfone groups is 1. The van der Waals surface area contributed by atoms with Crippen LogP contribution in [0.2, 0.25) is 0 Å². The monoisotopic (exact) mass is 410 g/mol. The smallest absolute Gasteiger partial charge is 0.315 e. The normalized spacial score (nSPS) is 12.9. The predicted octanol–water partition coefficient (Wildman–Crippen LogP) is 3.22. The van der Waals surface area contributed by atoms with Crippen LogP contribution in [-0.4, -0.2) is 30.1 Å². The molecule has 0 saturated carbocycles. The van der Waals surface area contributed by atoms with Crippen LogP contribution in [0.1, 0.15) is 12.5 Å². The summed E-state index contributed by atoms with van der Waals surface area (Å²) in [5.41, 5.74) is 2.18. The van der Waals surface area contributed by atoms with Crippen molar-refractivity contribution in [2.45, 2.75) is 18.2 Å². The highest BCUT2D eigenvalue weighted by Crippen LogP contribution is 2.30. The van der Waals surface area contributed by atoms with Crippen molar-refractivity contribution >= 4 is 38.8 Å². The Hall–Kier alpha value is -3.46. The Morgan fingerprint density at radius 2 is 1.72 bits per heavy atom. The van der Waals surface area contributed by atoms with Crippen LogP contribution in [0.25, 0.3) is 0 Å². The molecule has 2 N–H and O–H groups in total. The van der Waals surface area contributed by atoms with Crippen molar-refractivity contribution in [1.29, 1.82) is 0 Å². The fourth-order valence-electron chi connectivity index (χ4n) is 2.91. The van der Waals surface area contributed by atoms with Crippen molar-refractivity contribution in [2.24, 2.45) is 0 Å². The number of rotatable bonds is 6. The first kappa shape index (κ1) is 18.9. The van der Waals surface area contributed by atoms with Crippen LogP contribution in [0.4, 0.5) is 23.0 Å². The lowest BCUT2D eigenvalue weighted by Gasteiger charge is -2.10. The molecular formula is C20H18N4O4S. The molecule has 0 atom stereocenters. The molecule has 1 aliphatic heterocycles. The van der Waals surface area contributed by atoms with E-state index in [4.69, 9.17) is 4.74 Å². The van der Waals surface area contributed by atoms with E-state index in [0.717, 1.165) is 11.3 Å². The highest BCUT2D eigenvalue weighted by atomic mass is 32.2. The number of anilines is 4. The minimum absolute atomic E-state index is 0.0358. The van der Waals surface area contributed by atoms with E-state index >= 15 is 0 Å². The van der Waals surface area contributed by atoms with E-state index in [-0.39, 0.29) is 23.0 Å². The molecule has 4 rings (SSSR count). The summed E-state index contributed by atoms with van der Waals surface area (Å²) in [7, 11) is -3.29. The maximum absolute atomic E-state index is 12.1. The average molecular weight is 410 g/mol. The van der Waals surface area contributed by atoms with E-state index in [9.17, 15) is 13.2 Å². The van der Waals surface area contributed by atoms with Crippen molar-refractivity contribution < 1.29 is 17.9 Å². The topological polar surface area (TPSA) is 110 Å². The first-order valence-corrected chi connectivity index (χ1v) is 10.6. The Labute approximate surface area is 167 Å². The first-order chi connectivity index (χ1) is 13.9. The second kappa shape index (κ2) is 7.51. The molecule has 1 aliphatic rings. The second-order valence-electron chi connectivity index (χ2n) is 6.44. The Bertz CT molecular complexity index is 1190. The summed E-state index contributed by atoms with van der Waals surface area (Å²) in [5, 5.41) is 6.23. The SMILES string of the molecule is CCS(=O)(=O)c1cccc(Nc2cc(Nc3ccc4c(c3)OC(=O)C4)ncn2)c1. The van der Waals surface area contributed by atoms with Crippen molar-refractivity contribution in [2.75, 3.05) is 16.4 Å². The molecule has 0 bridgehead atoms. The van der Waals surface area contributed by atoms with Gasteiger partial charge in [-0.15, -0.1) is 0 Å². The van der Waals surface area contributed by atoms with Crippen LogP contribution in [0, 0.1) is 0 Å². The van der Waals surface area contributed by atoms with Crippen LogP contribution in [0.3, 0.4) is 0 Å². The predicted molar refractivity (Wildman–Crippen MR) is 109 cm³/mol. The molecule has 2 aromatic carbocycles. The quantitative estimate of drug-likeness (QED) is 0.471. The molecule has 0 fully saturated rings. The minimum atomic E-state index is -3.29. The molecule has 0 unspecified atom stereocenters. The van der Waals surface area contributed by atoms with Crippen LogP contribution in [0.15, 0.2) is 59.8 Å². The molecule has 0 radical (unpaired) electrons. The van der Waals surface area contributed by atoms with E-state index in [1.807, 2.05) is 12.1 Å². The third-order valence-electron chi connectivity index (χ3n) is 4.41. The summed E-state index contributed by atoms with van der Waals surface area (Å²) >= 11 is 0. The number of carbonyl (C=O) groups excluding carboxylic acids is 1. The molecule has 148 valence electrons. The van der Waals surface area contributed by atoms with Crippen LogP contribution < -0.4 is 15.4 Å². The maximum atomic E-state index is 12.1. The van der Waals surface area contributed by atoms with Crippen LogP contribution >= 0.6 is 0 Å². The highest BCUT2D eigenvalue weighted by Gasteiger charge is 2.20. The Balaban J connectivity index is 1.52. The minimum Gasteiger partial charge on any atom is -0.426 e. The number of aromatic nitrogens is 2. The molecule has 1 aromatic heterocycles. The van der Waals surface area contributed by atoms with E-state index in [1.54, 1.807) is 43.3 Å². The van der Waals surface area contributed by atoms with Crippen LogP contribution in [0.5, 0.6) is 5.75 Å². The zero-order valence-corrected chi connectivity index (χ0v) is 16.4. The molecule has 9 heteroatoms. The Morgan fingerprint density at radius 1 is 1.00 bits per heavy atom. The molecule has 0 spiro atoms. The Kier molecular flexibility index (Phi) is 4.89. The number of hydrogen-bond donors (Lipinski definition) is 2. The fraction of sp³-hybridized carbons (Fsp3) is 0.150. The van der Waals surface area contributed by atoms with Gasteiger partial charge in [-0.05, 0) is 24.3 Å². The summed E-state index contributed by atoms with van der Waals surface area (Å²) in [6, 6.07) is 13.7. The molecular weight excluding hydrogens is 392 g/mol. The molecule has 0 saturated heterocycles. The maximum Gasteiger partial charge on any atom is 0.315 e. The fourth-order valence-corrected chi connectivity index (χ4v) is 3.84. The molecule has 2 heterocycles. The highest BCUT2D eigenvalue weighted by molar-refractivity contribution is 7.91. The number of ether oxygens (including phenoxy) is 1. The number of nitrogens with zero attached hydrogens (tertiary/aromatic N) is 2. The second-order valence-corrected chi connectivity index (χ2v) is 8.72. The van der Waals surface area contributed by atoms with E-state index in [2.05, 4.69) is 20.6 Å². The molecule has 0 amide bonds. The van der Waals surface area contributed by atoms with Gasteiger partial charge in [0.25, 0.3) is 0 Å². The van der Waals surface area contributed by atoms with Gasteiger partial charge in [0.1, 0.15) is 23.7 Å². The van der Waals surface area contributed by atoms with Gasteiger partial charge in [-0.3, -0.25) is 4.79 Å². The van der Waals surface area contributed by atoms with Gasteiger partial charge in [-0.25, -0.2) is 18.4 Å². The largest absolute Gasteiger partial charge is 0.426 e. The van der Waals surface area contributed by atoms with Crippen molar-refractivity contribution in [3.05, 3.63) is 60.4 Å². The van der Waals surface area contributed by atoms with Crippen molar-refractivity contribution in [3.8, 4) is 5.75 Å². The van der Waals surface area contributed by atoms with Crippen molar-refractivity contribution in [3.63, 3.8) is 0 Å². The third-order valence-corrected chi connectivity index (χ3v) is 6.14. The van der Waals surface area contributed by atoms with E-state index in [0.29, 0.717) is 23.1 Å². The third kappa shape index (κ3) is 4.19. The molecule has 0 aliphatic carbocycles. The lowest BCUT2D eigenvalue weighted by Crippen LogP contribution is -2.04. The van der Waals surface area contributed by atoms with E-state index < -0.39 is 9.84 Å². The number of fused-ring (bicyclic) bond motifs is 1. The first-order valence-electron chi connectivity index (χ1n) is 8.95. The Morgan fingerprint density at radius 3 is 2.45 bits per heavy atom. The summed E-state index contributed by atoms with van der Waals surface area (Å²) in [6.07, 6.45) is 1.68. The van der Waals surface area contributed by atoms with Crippen LogP contribution in [-0.2, 0) is 21.1 Å². The number of carbonyl (C=O) groups is 1. The van der Waals surface area contributed by atoms with Gasteiger partial charge in [0, 0.05) is 29.1 Å². The van der Waals surface area contributed by atoms with E-state index in [1.165, 1.54) is 6.33 Å². The average Bonchev–Trinajstić information content (AvgIpc) is 3.08. The summed E-state index contributed by atoms with van der Waals surface area (Å²) in [6.45, 7) is 1.61. The standard InChI is InChI=1S/C20H18N4O4S/c1-2-29(26,27)16-5-3-4-14(9-16)23-18-11-19(22-12-21-18)24-15-7-6-13-8-20(25)28-17(13)10-15/h3-7,9-12H,2,8H2,1H3,(H2,21,22,23,24). The molecule has 3 aromatic rings. The van der Waals surface area contributed by atoms with Gasteiger partial charge in [0.05, 0.1) is 17.1 Å². The lowest BCUT2D eigenvalue weighted by molar-refractivity contribution is -0.131.